The molecule has 0 unspecified atom stereocenters. The fourth-order valence-corrected chi connectivity index (χ4v) is 1.08. The zero-order valence-corrected chi connectivity index (χ0v) is 7.45. The first-order chi connectivity index (χ1) is 6.29. The van der Waals surface area contributed by atoms with E-state index in [9.17, 15) is 0 Å². The van der Waals surface area contributed by atoms with Crippen LogP contribution in [0.3, 0.4) is 0 Å². The highest BCUT2D eigenvalue weighted by atomic mass is 16.5. The molecule has 1 aromatic rings. The molecular weight excluding hydrogens is 166 g/mol. The van der Waals surface area contributed by atoms with Crippen LogP contribution in [0.4, 0.5) is 0 Å². The highest BCUT2D eigenvalue weighted by Crippen LogP contribution is 2.22. The van der Waals surface area contributed by atoms with Crippen molar-refractivity contribution in [2.45, 2.75) is 6.92 Å². The van der Waals surface area contributed by atoms with E-state index in [4.69, 9.17) is 15.1 Å². The highest BCUT2D eigenvalue weighted by Gasteiger charge is 2.04. The zero-order valence-electron chi connectivity index (χ0n) is 7.45. The minimum Gasteiger partial charge on any atom is -0.490 e. The van der Waals surface area contributed by atoms with E-state index in [1.807, 2.05) is 19.1 Å². The number of hydrogen-bond donors (Lipinski definition) is 1. The van der Waals surface area contributed by atoms with E-state index in [-0.39, 0.29) is 13.2 Å². The Morgan fingerprint density at radius 3 is 2.92 bits per heavy atom. The maximum absolute atomic E-state index is 8.75. The first-order valence-corrected chi connectivity index (χ1v) is 4.03. The topological polar surface area (TPSA) is 53.2 Å². The number of ether oxygens (including phenoxy) is 1. The Hall–Kier alpha value is -1.53. The molecule has 0 spiro atoms. The molecule has 0 aliphatic rings. The molecule has 0 fully saturated rings. The number of benzene rings is 1. The van der Waals surface area contributed by atoms with Crippen LogP contribution in [-0.4, -0.2) is 18.3 Å². The van der Waals surface area contributed by atoms with Gasteiger partial charge in [-0.2, -0.15) is 5.26 Å². The van der Waals surface area contributed by atoms with Crippen LogP contribution in [0.5, 0.6) is 5.75 Å². The van der Waals surface area contributed by atoms with Crippen LogP contribution >= 0.6 is 0 Å². The van der Waals surface area contributed by atoms with Crippen molar-refractivity contribution < 1.29 is 9.84 Å². The lowest BCUT2D eigenvalue weighted by Gasteiger charge is -2.08. The van der Waals surface area contributed by atoms with Crippen molar-refractivity contribution in [3.63, 3.8) is 0 Å². The number of aliphatic hydroxyl groups is 1. The first kappa shape index (κ1) is 9.56. The standard InChI is InChI=1S/C10H11NO2/c1-8-3-2-4-9(7-11)10(8)13-6-5-12/h2-4,12H,5-6H2,1H3. The van der Waals surface area contributed by atoms with E-state index in [1.54, 1.807) is 12.1 Å². The number of para-hydroxylation sites is 1. The van der Waals surface area contributed by atoms with Gasteiger partial charge in [-0.25, -0.2) is 0 Å². The molecule has 0 radical (unpaired) electrons. The summed E-state index contributed by atoms with van der Waals surface area (Å²) in [6, 6.07) is 7.41. The molecule has 0 bridgehead atoms. The molecule has 0 heterocycles. The van der Waals surface area contributed by atoms with Crippen molar-refractivity contribution in [3.8, 4) is 11.8 Å². The van der Waals surface area contributed by atoms with Gasteiger partial charge in [0, 0.05) is 0 Å². The summed E-state index contributed by atoms with van der Waals surface area (Å²) in [5.41, 5.74) is 1.42. The Kier molecular flexibility index (Phi) is 3.30. The second-order valence-corrected chi connectivity index (χ2v) is 2.64. The molecule has 3 heteroatoms. The number of nitriles is 1. The van der Waals surface area contributed by atoms with Crippen LogP contribution in [0, 0.1) is 18.3 Å². The Bertz CT molecular complexity index is 328. The van der Waals surface area contributed by atoms with Gasteiger partial charge in [0.1, 0.15) is 18.4 Å². The van der Waals surface area contributed by atoms with Gasteiger partial charge >= 0.3 is 0 Å². The van der Waals surface area contributed by atoms with Crippen molar-refractivity contribution in [1.29, 1.82) is 5.26 Å². The third-order valence-corrected chi connectivity index (χ3v) is 1.67. The fourth-order valence-electron chi connectivity index (χ4n) is 1.08. The van der Waals surface area contributed by atoms with E-state index in [0.29, 0.717) is 11.3 Å². The summed E-state index contributed by atoms with van der Waals surface area (Å²) in [5, 5.41) is 17.3. The monoisotopic (exact) mass is 177 g/mol. The normalized spacial score (nSPS) is 9.31. The maximum atomic E-state index is 8.75. The van der Waals surface area contributed by atoms with E-state index in [0.717, 1.165) is 5.56 Å². The van der Waals surface area contributed by atoms with Gasteiger partial charge in [-0.05, 0) is 18.6 Å². The average molecular weight is 177 g/mol. The van der Waals surface area contributed by atoms with Gasteiger partial charge in [0.15, 0.2) is 0 Å². The molecule has 0 saturated heterocycles. The predicted octanol–water partition coefficient (Wildman–Crippen LogP) is 1.24. The lowest BCUT2D eigenvalue weighted by atomic mass is 10.1. The fraction of sp³-hybridized carbons (Fsp3) is 0.300. The number of nitrogens with zero attached hydrogens (tertiary/aromatic N) is 1. The van der Waals surface area contributed by atoms with Crippen molar-refractivity contribution in [3.05, 3.63) is 29.3 Å². The minimum absolute atomic E-state index is 0.0425. The molecule has 0 aliphatic carbocycles. The summed E-state index contributed by atoms with van der Waals surface area (Å²) in [5.74, 6) is 0.569. The SMILES string of the molecule is Cc1cccc(C#N)c1OCCO. The molecule has 1 aromatic carbocycles. The largest absolute Gasteiger partial charge is 0.490 e. The summed E-state index contributed by atoms with van der Waals surface area (Å²) in [6.45, 7) is 2.05. The molecule has 1 N–H and O–H groups in total. The van der Waals surface area contributed by atoms with Gasteiger partial charge < -0.3 is 9.84 Å². The summed E-state index contributed by atoms with van der Waals surface area (Å²) in [4.78, 5) is 0. The van der Waals surface area contributed by atoms with Gasteiger partial charge in [0.05, 0.1) is 12.2 Å². The van der Waals surface area contributed by atoms with Gasteiger partial charge in [0.25, 0.3) is 0 Å². The Labute approximate surface area is 77.2 Å². The smallest absolute Gasteiger partial charge is 0.140 e. The first-order valence-electron chi connectivity index (χ1n) is 4.03. The second-order valence-electron chi connectivity index (χ2n) is 2.64. The Morgan fingerprint density at radius 1 is 1.54 bits per heavy atom. The minimum atomic E-state index is -0.0425. The van der Waals surface area contributed by atoms with E-state index in [1.165, 1.54) is 0 Å². The van der Waals surface area contributed by atoms with Gasteiger partial charge in [-0.1, -0.05) is 12.1 Å². The molecule has 0 aromatic heterocycles. The van der Waals surface area contributed by atoms with Gasteiger partial charge in [-0.15, -0.1) is 0 Å². The molecule has 0 atom stereocenters. The summed E-state index contributed by atoms with van der Waals surface area (Å²) in [7, 11) is 0. The van der Waals surface area contributed by atoms with Crippen molar-refractivity contribution >= 4 is 0 Å². The number of hydrogen-bond acceptors (Lipinski definition) is 3. The molecule has 68 valence electrons. The zero-order chi connectivity index (χ0) is 9.68. The molecule has 1 rings (SSSR count). The van der Waals surface area contributed by atoms with E-state index >= 15 is 0 Å². The van der Waals surface area contributed by atoms with Crippen LogP contribution in [0.2, 0.25) is 0 Å². The van der Waals surface area contributed by atoms with Crippen molar-refractivity contribution in [2.24, 2.45) is 0 Å². The number of aryl methyl sites for hydroxylation is 1. The second kappa shape index (κ2) is 4.48. The third kappa shape index (κ3) is 2.20. The number of aliphatic hydroxyl groups excluding tert-OH is 1. The molecule has 0 aliphatic heterocycles. The van der Waals surface area contributed by atoms with Crippen molar-refractivity contribution in [1.82, 2.24) is 0 Å². The molecular formula is C10H11NO2. The summed E-state index contributed by atoms with van der Waals surface area (Å²) in [6.07, 6.45) is 0. The highest BCUT2D eigenvalue weighted by molar-refractivity contribution is 5.47. The Morgan fingerprint density at radius 2 is 2.31 bits per heavy atom. The van der Waals surface area contributed by atoms with Gasteiger partial charge in [-0.3, -0.25) is 0 Å². The van der Waals surface area contributed by atoms with E-state index in [2.05, 4.69) is 0 Å². The quantitative estimate of drug-likeness (QED) is 0.755. The lowest BCUT2D eigenvalue weighted by molar-refractivity contribution is 0.200. The average Bonchev–Trinajstić information content (AvgIpc) is 2.15. The lowest BCUT2D eigenvalue weighted by Crippen LogP contribution is -2.04. The molecule has 3 nitrogen and oxygen atoms in total. The van der Waals surface area contributed by atoms with Gasteiger partial charge in [0.2, 0.25) is 0 Å². The maximum Gasteiger partial charge on any atom is 0.140 e. The Balaban J connectivity index is 2.95. The van der Waals surface area contributed by atoms with E-state index < -0.39 is 0 Å². The van der Waals surface area contributed by atoms with Crippen LogP contribution in [-0.2, 0) is 0 Å². The van der Waals surface area contributed by atoms with Crippen LogP contribution < -0.4 is 4.74 Å². The molecule has 0 amide bonds. The molecule has 0 saturated carbocycles. The number of rotatable bonds is 3. The summed E-state index contributed by atoms with van der Waals surface area (Å²) < 4.78 is 5.24. The summed E-state index contributed by atoms with van der Waals surface area (Å²) >= 11 is 0. The van der Waals surface area contributed by atoms with Crippen LogP contribution in [0.15, 0.2) is 18.2 Å². The van der Waals surface area contributed by atoms with Crippen LogP contribution in [0.25, 0.3) is 0 Å². The molecule has 13 heavy (non-hydrogen) atoms. The van der Waals surface area contributed by atoms with Crippen molar-refractivity contribution in [2.75, 3.05) is 13.2 Å². The predicted molar refractivity (Wildman–Crippen MR) is 48.5 cm³/mol. The van der Waals surface area contributed by atoms with Crippen LogP contribution in [0.1, 0.15) is 11.1 Å². The third-order valence-electron chi connectivity index (χ3n) is 1.67.